The highest BCUT2D eigenvalue weighted by molar-refractivity contribution is 7.93. The second kappa shape index (κ2) is 10.3. The number of amides is 1. The Hall–Kier alpha value is -2.80. The number of primary amides is 1. The van der Waals surface area contributed by atoms with Crippen molar-refractivity contribution in [1.82, 2.24) is 0 Å². The van der Waals surface area contributed by atoms with Crippen LogP contribution in [0.25, 0.3) is 0 Å². The molecule has 0 radical (unpaired) electrons. The minimum atomic E-state index is -4.92. The molecule has 0 aromatic heterocycles. The van der Waals surface area contributed by atoms with E-state index in [2.05, 4.69) is 0 Å². The predicted molar refractivity (Wildman–Crippen MR) is 116 cm³/mol. The zero-order valence-corrected chi connectivity index (χ0v) is 19.6. The molecule has 2 N–H and O–H groups in total. The highest BCUT2D eigenvalue weighted by atomic mass is 32.2. The topological polar surface area (TPSA) is 95.7 Å². The van der Waals surface area contributed by atoms with E-state index in [0.29, 0.717) is 12.1 Å². The van der Waals surface area contributed by atoms with Gasteiger partial charge in [0.25, 0.3) is 0 Å². The molecule has 0 aliphatic carbocycles. The van der Waals surface area contributed by atoms with E-state index in [1.54, 1.807) is 0 Å². The first-order chi connectivity index (χ1) is 16.7. The Balaban J connectivity index is 1.65. The van der Waals surface area contributed by atoms with Crippen LogP contribution in [0.1, 0.15) is 36.0 Å². The number of halogens is 6. The van der Waals surface area contributed by atoms with Crippen LogP contribution in [-0.2, 0) is 38.1 Å². The summed E-state index contributed by atoms with van der Waals surface area (Å²) in [6, 6.07) is 6.57. The third-order valence-electron chi connectivity index (χ3n) is 5.92. The molecule has 2 aromatic carbocycles. The van der Waals surface area contributed by atoms with E-state index in [1.165, 1.54) is 24.3 Å². The number of rotatable bonds is 8. The van der Waals surface area contributed by atoms with Crippen LogP contribution in [0.3, 0.4) is 0 Å². The van der Waals surface area contributed by atoms with Gasteiger partial charge in [-0.25, -0.2) is 8.42 Å². The van der Waals surface area contributed by atoms with Gasteiger partial charge in [-0.3, -0.25) is 4.79 Å². The normalized spacial score (nSPS) is 16.5. The molecule has 0 bridgehead atoms. The maximum absolute atomic E-state index is 13.1. The fourth-order valence-corrected chi connectivity index (χ4v) is 5.83. The lowest BCUT2D eigenvalue weighted by molar-refractivity contribution is -0.143. The van der Waals surface area contributed by atoms with Crippen LogP contribution in [0.5, 0.6) is 5.75 Å². The molecule has 6 nitrogen and oxygen atoms in total. The molecule has 1 amide bonds. The summed E-state index contributed by atoms with van der Waals surface area (Å²) in [6.45, 7) is 0.0890. The van der Waals surface area contributed by atoms with Gasteiger partial charge in [0.2, 0.25) is 5.91 Å². The molecule has 1 aliphatic heterocycles. The third kappa shape index (κ3) is 5.94. The number of hydrogen-bond donors (Lipinski definition) is 1. The van der Waals surface area contributed by atoms with E-state index >= 15 is 0 Å². The number of sulfone groups is 1. The molecular weight excluding hydrogens is 516 g/mol. The lowest BCUT2D eigenvalue weighted by atomic mass is 9.98. The first-order valence-electron chi connectivity index (χ1n) is 10.8. The van der Waals surface area contributed by atoms with E-state index in [1.807, 2.05) is 0 Å². The van der Waals surface area contributed by atoms with Gasteiger partial charge in [0, 0.05) is 13.2 Å². The Morgan fingerprint density at radius 1 is 0.944 bits per heavy atom. The third-order valence-corrected chi connectivity index (χ3v) is 8.45. The van der Waals surface area contributed by atoms with Gasteiger partial charge in [-0.1, -0.05) is 0 Å². The number of ether oxygens (including phenoxy) is 2. The molecule has 13 heteroatoms. The maximum Gasteiger partial charge on any atom is 0.416 e. The fourth-order valence-electron chi connectivity index (χ4n) is 3.92. The van der Waals surface area contributed by atoms with Gasteiger partial charge in [0.05, 0.1) is 22.6 Å². The summed E-state index contributed by atoms with van der Waals surface area (Å²) in [6.07, 6.45) is -10.0. The number of benzene rings is 2. The van der Waals surface area contributed by atoms with Crippen LogP contribution in [-0.4, -0.2) is 38.9 Å². The molecule has 1 saturated heterocycles. The fraction of sp³-hybridized carbons (Fsp3) is 0.435. The molecule has 1 aliphatic rings. The second-order valence-corrected chi connectivity index (χ2v) is 10.6. The largest absolute Gasteiger partial charge is 0.494 e. The van der Waals surface area contributed by atoms with Crippen molar-refractivity contribution in [2.24, 2.45) is 5.73 Å². The first kappa shape index (κ1) is 27.8. The van der Waals surface area contributed by atoms with Crippen LogP contribution in [0.2, 0.25) is 0 Å². The minimum Gasteiger partial charge on any atom is -0.494 e. The van der Waals surface area contributed by atoms with Gasteiger partial charge in [0.1, 0.15) is 5.75 Å². The summed E-state index contributed by atoms with van der Waals surface area (Å²) in [4.78, 5) is 11.9. The molecule has 0 saturated carbocycles. The summed E-state index contributed by atoms with van der Waals surface area (Å²) in [5.41, 5.74) is 2.51. The van der Waals surface area contributed by atoms with Crippen LogP contribution in [0.4, 0.5) is 26.3 Å². The molecule has 0 unspecified atom stereocenters. The van der Waals surface area contributed by atoms with E-state index in [4.69, 9.17) is 15.2 Å². The van der Waals surface area contributed by atoms with Crippen LogP contribution >= 0.6 is 0 Å². The SMILES string of the molecule is NC(=O)C1(S(=O)(=O)c2ccc(OCCCc3cc(C(F)(F)F)cc(C(F)(F)F)c3)cc2)CCOCC1. The Bertz CT molecular complexity index is 1150. The number of hydrogen-bond acceptors (Lipinski definition) is 5. The van der Waals surface area contributed by atoms with Gasteiger partial charge < -0.3 is 15.2 Å². The van der Waals surface area contributed by atoms with Gasteiger partial charge >= 0.3 is 12.4 Å². The van der Waals surface area contributed by atoms with Crippen molar-refractivity contribution in [2.75, 3.05) is 19.8 Å². The summed E-state index contributed by atoms with van der Waals surface area (Å²) < 4.78 is 113. The zero-order valence-electron chi connectivity index (χ0n) is 18.8. The number of nitrogens with two attached hydrogens (primary N) is 1. The lowest BCUT2D eigenvalue weighted by Crippen LogP contribution is -2.53. The van der Waals surface area contributed by atoms with Gasteiger partial charge in [-0.15, -0.1) is 0 Å². The molecule has 36 heavy (non-hydrogen) atoms. The first-order valence-corrected chi connectivity index (χ1v) is 12.3. The van der Waals surface area contributed by atoms with Crippen molar-refractivity contribution < 1.29 is 49.0 Å². The zero-order chi connectivity index (χ0) is 26.8. The Labute approximate surface area is 203 Å². The molecular formula is C23H23F6NO5S. The summed E-state index contributed by atoms with van der Waals surface area (Å²) in [7, 11) is -4.13. The summed E-state index contributed by atoms with van der Waals surface area (Å²) >= 11 is 0. The molecule has 3 rings (SSSR count). The molecule has 0 spiro atoms. The number of alkyl halides is 6. The number of aryl methyl sites for hydroxylation is 1. The monoisotopic (exact) mass is 539 g/mol. The quantitative estimate of drug-likeness (QED) is 0.393. The van der Waals surface area contributed by atoms with Gasteiger partial charge in [0.15, 0.2) is 14.6 Å². The van der Waals surface area contributed by atoms with Gasteiger partial charge in [-0.05, 0) is 73.7 Å². The molecule has 0 atom stereocenters. The highest BCUT2D eigenvalue weighted by Crippen LogP contribution is 2.37. The summed E-state index contributed by atoms with van der Waals surface area (Å²) in [5, 5.41) is 0. The van der Waals surface area contributed by atoms with E-state index in [0.717, 1.165) is 0 Å². The van der Waals surface area contributed by atoms with Crippen LogP contribution in [0, 0.1) is 0 Å². The Kier molecular flexibility index (Phi) is 7.94. The predicted octanol–water partition coefficient (Wildman–Crippen LogP) is 4.54. The standard InChI is InChI=1S/C23H23F6NO5S/c24-22(25,26)16-12-15(13-17(14-16)23(27,28)29)2-1-9-35-18-3-5-19(6-4-18)36(32,33)21(20(30)31)7-10-34-11-8-21/h3-6,12-14H,1-2,7-11H2,(H2,30,31). The van der Waals surface area contributed by atoms with Crippen LogP contribution < -0.4 is 10.5 Å². The average Bonchev–Trinajstić information content (AvgIpc) is 2.81. The van der Waals surface area contributed by atoms with E-state index < -0.39 is 44.0 Å². The van der Waals surface area contributed by atoms with E-state index in [9.17, 15) is 39.6 Å². The van der Waals surface area contributed by atoms with Gasteiger partial charge in [-0.2, -0.15) is 26.3 Å². The minimum absolute atomic E-state index is 0.0493. The van der Waals surface area contributed by atoms with Crippen molar-refractivity contribution in [3.63, 3.8) is 0 Å². The second-order valence-electron chi connectivity index (χ2n) is 8.31. The maximum atomic E-state index is 13.1. The van der Waals surface area contributed by atoms with Crippen LogP contribution in [0.15, 0.2) is 47.4 Å². The smallest absolute Gasteiger partial charge is 0.416 e. The molecule has 1 fully saturated rings. The Morgan fingerprint density at radius 2 is 1.47 bits per heavy atom. The van der Waals surface area contributed by atoms with Crippen molar-refractivity contribution >= 4 is 15.7 Å². The van der Waals surface area contributed by atoms with Crippen molar-refractivity contribution in [3.05, 3.63) is 59.2 Å². The Morgan fingerprint density at radius 3 is 1.94 bits per heavy atom. The van der Waals surface area contributed by atoms with Crippen molar-refractivity contribution in [1.29, 1.82) is 0 Å². The molecule has 2 aromatic rings. The van der Waals surface area contributed by atoms with Crippen molar-refractivity contribution in [2.45, 2.75) is 47.7 Å². The number of carbonyl (C=O) groups excluding carboxylic acids is 1. The van der Waals surface area contributed by atoms with Crippen molar-refractivity contribution in [3.8, 4) is 5.75 Å². The highest BCUT2D eigenvalue weighted by Gasteiger charge is 2.51. The van der Waals surface area contributed by atoms with E-state index in [-0.39, 0.29) is 67.8 Å². The molecule has 198 valence electrons. The summed E-state index contributed by atoms with van der Waals surface area (Å²) in [5.74, 6) is -0.733. The lowest BCUT2D eigenvalue weighted by Gasteiger charge is -2.33. The molecule has 1 heterocycles. The number of carbonyl (C=O) groups is 1. The average molecular weight is 539 g/mol.